The molecule has 0 saturated carbocycles. The van der Waals surface area contributed by atoms with Gasteiger partial charge in [-0.15, -0.1) is 0 Å². The predicted octanol–water partition coefficient (Wildman–Crippen LogP) is 2.29. The Hall–Kier alpha value is -1.62. The van der Waals surface area contributed by atoms with Gasteiger partial charge in [0.2, 0.25) is 0 Å². The van der Waals surface area contributed by atoms with E-state index in [9.17, 15) is 14.3 Å². The van der Waals surface area contributed by atoms with Crippen LogP contribution in [0.1, 0.15) is 32.4 Å². The molecule has 0 aliphatic carbocycles. The second-order valence-electron chi connectivity index (χ2n) is 5.38. The first-order chi connectivity index (χ1) is 8.82. The highest BCUT2D eigenvalue weighted by molar-refractivity contribution is 6.02. The average molecular weight is 266 g/mol. The van der Waals surface area contributed by atoms with Crippen LogP contribution in [-0.4, -0.2) is 24.1 Å². The lowest BCUT2D eigenvalue weighted by atomic mass is 10.0. The summed E-state index contributed by atoms with van der Waals surface area (Å²) in [6, 6.07) is 2.98. The molecule has 1 aromatic rings. The van der Waals surface area contributed by atoms with Crippen LogP contribution >= 0.6 is 0 Å². The quantitative estimate of drug-likeness (QED) is 0.882. The van der Waals surface area contributed by atoms with Crippen molar-refractivity contribution < 1.29 is 14.3 Å². The maximum Gasteiger partial charge on any atom is 0.257 e. The zero-order valence-corrected chi connectivity index (χ0v) is 11.6. The molecule has 0 radical (unpaired) electrons. The van der Waals surface area contributed by atoms with Crippen molar-refractivity contribution in [1.82, 2.24) is 0 Å². The molecule has 2 rings (SSSR count). The lowest BCUT2D eigenvalue weighted by molar-refractivity contribution is -0.123. The second-order valence-corrected chi connectivity index (χ2v) is 5.38. The second kappa shape index (κ2) is 4.81. The smallest absolute Gasteiger partial charge is 0.257 e. The van der Waals surface area contributed by atoms with E-state index >= 15 is 0 Å². The van der Waals surface area contributed by atoms with Gasteiger partial charge < -0.3 is 15.3 Å². The fourth-order valence-electron chi connectivity index (χ4n) is 2.19. The van der Waals surface area contributed by atoms with Crippen molar-refractivity contribution in [2.75, 3.05) is 17.3 Å². The van der Waals surface area contributed by atoms with Gasteiger partial charge in [-0.2, -0.15) is 0 Å². The van der Waals surface area contributed by atoms with E-state index in [1.54, 1.807) is 6.07 Å². The highest BCUT2D eigenvalue weighted by atomic mass is 19.1. The summed E-state index contributed by atoms with van der Waals surface area (Å²) in [5.74, 6) is -0.562. The topological polar surface area (TPSA) is 52.6 Å². The molecule has 19 heavy (non-hydrogen) atoms. The molecular formula is C14H19FN2O2. The van der Waals surface area contributed by atoms with E-state index in [2.05, 4.69) is 19.2 Å². The summed E-state index contributed by atoms with van der Waals surface area (Å²) in [4.78, 5) is 13.2. The zero-order valence-electron chi connectivity index (χ0n) is 11.6. The fraction of sp³-hybridized carbons (Fsp3) is 0.500. The van der Waals surface area contributed by atoms with E-state index < -0.39 is 17.8 Å². The average Bonchev–Trinajstić information content (AvgIpc) is 2.62. The van der Waals surface area contributed by atoms with Crippen LogP contribution in [0, 0.1) is 11.7 Å². The maximum atomic E-state index is 14.1. The predicted molar refractivity (Wildman–Crippen MR) is 72.7 cm³/mol. The molecule has 1 amide bonds. The van der Waals surface area contributed by atoms with Crippen LogP contribution in [-0.2, 0) is 4.79 Å². The Labute approximate surface area is 112 Å². The minimum atomic E-state index is -1.27. The molecule has 0 fully saturated rings. The lowest BCUT2D eigenvalue weighted by Crippen LogP contribution is -2.33. The number of fused-ring (bicyclic) bond motifs is 1. The number of hydrogen-bond acceptors (Lipinski definition) is 3. The SMILES string of the molecule is CC(C)C(C)N(C)c1cc2c(cc1F)C(O)C(=O)N2. The Bertz CT molecular complexity index is 516. The van der Waals surface area contributed by atoms with Gasteiger partial charge in [-0.25, -0.2) is 4.39 Å². The zero-order chi connectivity index (χ0) is 14.3. The standard InChI is InChI=1S/C14H19FN2O2/c1-7(2)8(3)17(4)12-6-11-9(5-10(12)15)13(18)14(19)16-11/h5-8,13,18H,1-4H3,(H,16,19). The third-order valence-electron chi connectivity index (χ3n) is 3.88. The summed E-state index contributed by atoms with van der Waals surface area (Å²) in [5.41, 5.74) is 1.21. The molecule has 0 aromatic heterocycles. The molecule has 2 N–H and O–H groups in total. The number of nitrogens with one attached hydrogen (secondary N) is 1. The molecule has 0 bridgehead atoms. The molecule has 1 aliphatic rings. The summed E-state index contributed by atoms with van der Waals surface area (Å²) in [7, 11) is 1.82. The molecule has 0 saturated heterocycles. The summed E-state index contributed by atoms with van der Waals surface area (Å²) in [5, 5.41) is 12.2. The van der Waals surface area contributed by atoms with Crippen LogP contribution in [0.4, 0.5) is 15.8 Å². The molecule has 1 aliphatic heterocycles. The largest absolute Gasteiger partial charge is 0.378 e. The van der Waals surface area contributed by atoms with Crippen LogP contribution in [0.3, 0.4) is 0 Å². The van der Waals surface area contributed by atoms with Crippen molar-refractivity contribution in [2.24, 2.45) is 5.92 Å². The van der Waals surface area contributed by atoms with Crippen molar-refractivity contribution in [1.29, 1.82) is 0 Å². The van der Waals surface area contributed by atoms with Gasteiger partial charge in [0, 0.05) is 24.3 Å². The van der Waals surface area contributed by atoms with Crippen molar-refractivity contribution in [3.8, 4) is 0 Å². The monoisotopic (exact) mass is 266 g/mol. The summed E-state index contributed by atoms with van der Waals surface area (Å²) < 4.78 is 14.1. The minimum Gasteiger partial charge on any atom is -0.378 e. The summed E-state index contributed by atoms with van der Waals surface area (Å²) in [6.07, 6.45) is -1.27. The first-order valence-electron chi connectivity index (χ1n) is 6.38. The Balaban J connectivity index is 2.40. The molecule has 104 valence electrons. The van der Waals surface area contributed by atoms with Gasteiger partial charge in [0.1, 0.15) is 5.82 Å². The van der Waals surface area contributed by atoms with Crippen LogP contribution in [0.2, 0.25) is 0 Å². The fourth-order valence-corrected chi connectivity index (χ4v) is 2.19. The van der Waals surface area contributed by atoms with Crippen LogP contribution < -0.4 is 10.2 Å². The molecule has 1 aromatic carbocycles. The molecule has 2 unspecified atom stereocenters. The van der Waals surface area contributed by atoms with Gasteiger partial charge in [0.15, 0.2) is 6.10 Å². The molecule has 4 nitrogen and oxygen atoms in total. The number of aliphatic hydroxyl groups excluding tert-OH is 1. The van der Waals surface area contributed by atoms with Crippen molar-refractivity contribution >= 4 is 17.3 Å². The van der Waals surface area contributed by atoms with Gasteiger partial charge >= 0.3 is 0 Å². The number of benzene rings is 1. The first-order valence-corrected chi connectivity index (χ1v) is 6.38. The Morgan fingerprint density at radius 2 is 2.00 bits per heavy atom. The number of rotatable bonds is 3. The number of nitrogens with zero attached hydrogens (tertiary/aromatic N) is 1. The van der Waals surface area contributed by atoms with E-state index in [-0.39, 0.29) is 6.04 Å². The summed E-state index contributed by atoms with van der Waals surface area (Å²) in [6.45, 7) is 6.15. The van der Waals surface area contributed by atoms with Gasteiger partial charge in [-0.1, -0.05) is 13.8 Å². The van der Waals surface area contributed by atoms with Crippen LogP contribution in [0.15, 0.2) is 12.1 Å². The molecule has 5 heteroatoms. The van der Waals surface area contributed by atoms with Gasteiger partial charge in [-0.05, 0) is 25.0 Å². The number of hydrogen-bond donors (Lipinski definition) is 2. The highest BCUT2D eigenvalue weighted by Gasteiger charge is 2.31. The number of halogens is 1. The van der Waals surface area contributed by atoms with Crippen LogP contribution in [0.25, 0.3) is 0 Å². The normalized spacial score (nSPS) is 19.3. The Morgan fingerprint density at radius 1 is 1.37 bits per heavy atom. The van der Waals surface area contributed by atoms with E-state index in [1.165, 1.54) is 6.07 Å². The van der Waals surface area contributed by atoms with Crippen molar-refractivity contribution in [3.63, 3.8) is 0 Å². The molecular weight excluding hydrogens is 247 g/mol. The summed E-state index contributed by atoms with van der Waals surface area (Å²) >= 11 is 0. The molecule has 0 spiro atoms. The third kappa shape index (κ3) is 2.30. The lowest BCUT2D eigenvalue weighted by Gasteiger charge is -2.30. The number of amides is 1. The Morgan fingerprint density at radius 3 is 2.58 bits per heavy atom. The van der Waals surface area contributed by atoms with Crippen molar-refractivity contribution in [3.05, 3.63) is 23.5 Å². The Kier molecular flexibility index (Phi) is 3.49. The van der Waals surface area contributed by atoms with E-state index in [0.29, 0.717) is 22.9 Å². The van der Waals surface area contributed by atoms with Gasteiger partial charge in [0.25, 0.3) is 5.91 Å². The molecule has 1 heterocycles. The van der Waals surface area contributed by atoms with Gasteiger partial charge in [0.05, 0.1) is 5.69 Å². The van der Waals surface area contributed by atoms with E-state index in [4.69, 9.17) is 0 Å². The molecule has 2 atom stereocenters. The minimum absolute atomic E-state index is 0.162. The van der Waals surface area contributed by atoms with E-state index in [0.717, 1.165) is 0 Å². The number of anilines is 2. The number of aliphatic hydroxyl groups is 1. The van der Waals surface area contributed by atoms with Gasteiger partial charge in [-0.3, -0.25) is 4.79 Å². The van der Waals surface area contributed by atoms with Crippen LogP contribution in [0.5, 0.6) is 0 Å². The number of carbonyl (C=O) groups is 1. The maximum absolute atomic E-state index is 14.1. The first kappa shape index (κ1) is 13.8. The van der Waals surface area contributed by atoms with E-state index in [1.807, 2.05) is 18.9 Å². The third-order valence-corrected chi connectivity index (χ3v) is 3.88. The van der Waals surface area contributed by atoms with Crippen molar-refractivity contribution in [2.45, 2.75) is 32.9 Å². The highest BCUT2D eigenvalue weighted by Crippen LogP contribution is 2.36. The number of carbonyl (C=O) groups excluding carboxylic acids is 1.